The molecule has 2 heterocycles. The fraction of sp³-hybridized carbons (Fsp3) is 0.256. The molecule has 0 saturated carbocycles. The Morgan fingerprint density at radius 2 is 1.16 bits per heavy atom. The zero-order chi connectivity index (χ0) is 33.4. The maximum atomic E-state index is 11.6. The maximum absolute atomic E-state index is 11.6. The van der Waals surface area contributed by atoms with Crippen molar-refractivity contribution >= 4 is 21.4 Å². The summed E-state index contributed by atoms with van der Waals surface area (Å²) < 4.78 is 28.6. The number of thiophene rings is 1. The van der Waals surface area contributed by atoms with Crippen LogP contribution in [0.25, 0.3) is 10.1 Å². The van der Waals surface area contributed by atoms with E-state index in [0.717, 1.165) is 49.2 Å². The van der Waals surface area contributed by atoms with Crippen LogP contribution in [0.5, 0.6) is 0 Å². The lowest BCUT2D eigenvalue weighted by atomic mass is 9.88. The molecule has 2 unspecified atom stereocenters. The molecular formula is C43H42O5S. The largest absolute Gasteiger partial charge is 0.383 e. The van der Waals surface area contributed by atoms with Gasteiger partial charge in [0.2, 0.25) is 0 Å². The second kappa shape index (κ2) is 16.0. The van der Waals surface area contributed by atoms with Gasteiger partial charge in [0.1, 0.15) is 30.5 Å². The van der Waals surface area contributed by atoms with Gasteiger partial charge in [-0.1, -0.05) is 140 Å². The van der Waals surface area contributed by atoms with E-state index < -0.39 is 24.4 Å². The van der Waals surface area contributed by atoms with Crippen molar-refractivity contribution in [1.82, 2.24) is 0 Å². The molecule has 0 spiro atoms. The van der Waals surface area contributed by atoms with Crippen LogP contribution in [0, 0.1) is 0 Å². The highest BCUT2D eigenvalue weighted by Gasteiger charge is 2.48. The first kappa shape index (κ1) is 33.4. The molecule has 1 fully saturated rings. The molecule has 1 aliphatic rings. The van der Waals surface area contributed by atoms with E-state index >= 15 is 0 Å². The van der Waals surface area contributed by atoms with Crippen molar-refractivity contribution in [2.24, 2.45) is 0 Å². The van der Waals surface area contributed by atoms with Crippen molar-refractivity contribution in [2.45, 2.75) is 69.8 Å². The monoisotopic (exact) mass is 670 g/mol. The molecule has 6 aromatic rings. The predicted molar refractivity (Wildman–Crippen MR) is 195 cm³/mol. The number of hydrogen-bond acceptors (Lipinski definition) is 6. The number of benzene rings is 5. The van der Waals surface area contributed by atoms with E-state index in [0.29, 0.717) is 19.8 Å². The van der Waals surface area contributed by atoms with E-state index in [1.807, 2.05) is 78.9 Å². The third-order valence-corrected chi connectivity index (χ3v) is 10.3. The number of rotatable bonds is 13. The van der Waals surface area contributed by atoms with Crippen molar-refractivity contribution in [2.75, 3.05) is 0 Å². The lowest BCUT2D eigenvalue weighted by Gasteiger charge is -2.46. The van der Waals surface area contributed by atoms with Crippen molar-refractivity contribution < 1.29 is 24.1 Å². The third kappa shape index (κ3) is 8.03. The molecule has 0 aliphatic carbocycles. The van der Waals surface area contributed by atoms with Gasteiger partial charge in [-0.05, 0) is 51.8 Å². The Morgan fingerprint density at radius 1 is 0.612 bits per heavy atom. The van der Waals surface area contributed by atoms with Gasteiger partial charge in [-0.3, -0.25) is 0 Å². The van der Waals surface area contributed by atoms with Gasteiger partial charge in [0.05, 0.1) is 25.9 Å². The molecule has 1 aromatic heterocycles. The number of aliphatic hydroxyl groups is 1. The van der Waals surface area contributed by atoms with Gasteiger partial charge in [0.25, 0.3) is 0 Å². The minimum atomic E-state index is -0.765. The molecule has 6 heteroatoms. The smallest absolute Gasteiger partial charge is 0.117 e. The van der Waals surface area contributed by atoms with Crippen LogP contribution >= 0.6 is 11.3 Å². The summed E-state index contributed by atoms with van der Waals surface area (Å²) in [6.07, 6.45) is -2.05. The molecular weight excluding hydrogens is 629 g/mol. The van der Waals surface area contributed by atoms with Gasteiger partial charge in [0.15, 0.2) is 0 Å². The Morgan fingerprint density at radius 3 is 1.76 bits per heavy atom. The molecule has 0 bridgehead atoms. The van der Waals surface area contributed by atoms with E-state index in [9.17, 15) is 5.11 Å². The van der Waals surface area contributed by atoms with Gasteiger partial charge in [-0.2, -0.15) is 0 Å². The van der Waals surface area contributed by atoms with Crippen LogP contribution in [-0.4, -0.2) is 29.5 Å². The summed E-state index contributed by atoms with van der Waals surface area (Å²) in [6, 6.07) is 49.0. The summed E-state index contributed by atoms with van der Waals surface area (Å²) in [7, 11) is 0. The first-order valence-corrected chi connectivity index (χ1v) is 17.9. The van der Waals surface area contributed by atoms with Crippen molar-refractivity contribution in [3.8, 4) is 0 Å². The molecule has 5 nitrogen and oxygen atoms in total. The SMILES string of the molecule is CC[C@H]1OC(c2cccc(C(O)c3cc4ccccc4s3)c2)[C@H](OCc2ccccc2)[C@@H](OCc2ccccc2)[C@@H]1OCc1ccccc1. The van der Waals surface area contributed by atoms with Crippen LogP contribution in [0.3, 0.4) is 0 Å². The average molecular weight is 671 g/mol. The van der Waals surface area contributed by atoms with Crippen LogP contribution in [0.15, 0.2) is 146 Å². The van der Waals surface area contributed by atoms with Crippen LogP contribution in [-0.2, 0) is 38.8 Å². The Kier molecular flexibility index (Phi) is 10.9. The Hall–Kier alpha value is -4.14. The van der Waals surface area contributed by atoms with Gasteiger partial charge >= 0.3 is 0 Å². The Balaban J connectivity index is 1.23. The molecule has 1 aliphatic heterocycles. The van der Waals surface area contributed by atoms with Gasteiger partial charge < -0.3 is 24.1 Å². The van der Waals surface area contributed by atoms with E-state index in [2.05, 4.69) is 73.7 Å². The lowest BCUT2D eigenvalue weighted by Crippen LogP contribution is -2.57. The molecule has 49 heavy (non-hydrogen) atoms. The number of hydrogen-bond donors (Lipinski definition) is 1. The molecule has 0 amide bonds. The predicted octanol–water partition coefficient (Wildman–Crippen LogP) is 9.59. The first-order valence-electron chi connectivity index (χ1n) is 17.0. The fourth-order valence-corrected chi connectivity index (χ4v) is 7.67. The van der Waals surface area contributed by atoms with Gasteiger partial charge in [-0.25, -0.2) is 0 Å². The summed E-state index contributed by atoms with van der Waals surface area (Å²) in [5, 5.41) is 12.7. The molecule has 250 valence electrons. The summed E-state index contributed by atoms with van der Waals surface area (Å²) in [4.78, 5) is 0.907. The van der Waals surface area contributed by atoms with Crippen molar-refractivity contribution in [1.29, 1.82) is 0 Å². The molecule has 0 radical (unpaired) electrons. The minimum Gasteiger partial charge on any atom is -0.383 e. The van der Waals surface area contributed by atoms with E-state index in [-0.39, 0.29) is 12.2 Å². The molecule has 7 rings (SSSR count). The van der Waals surface area contributed by atoms with Crippen LogP contribution in [0.2, 0.25) is 0 Å². The molecule has 1 N–H and O–H groups in total. The Bertz CT molecular complexity index is 1860. The summed E-state index contributed by atoms with van der Waals surface area (Å²) in [5.74, 6) is 0. The highest BCUT2D eigenvalue weighted by molar-refractivity contribution is 7.19. The minimum absolute atomic E-state index is 0.248. The topological polar surface area (TPSA) is 57.2 Å². The highest BCUT2D eigenvalue weighted by atomic mass is 32.1. The Labute approximate surface area is 292 Å². The average Bonchev–Trinajstić information content (AvgIpc) is 3.61. The van der Waals surface area contributed by atoms with E-state index in [1.54, 1.807) is 11.3 Å². The first-order chi connectivity index (χ1) is 24.2. The van der Waals surface area contributed by atoms with Crippen LogP contribution < -0.4 is 0 Å². The fourth-order valence-electron chi connectivity index (χ4n) is 6.59. The zero-order valence-corrected chi connectivity index (χ0v) is 28.5. The number of fused-ring (bicyclic) bond motifs is 1. The lowest BCUT2D eigenvalue weighted by molar-refractivity contribution is -0.267. The van der Waals surface area contributed by atoms with Gasteiger partial charge in [-0.15, -0.1) is 11.3 Å². The molecule has 1 saturated heterocycles. The highest BCUT2D eigenvalue weighted by Crippen LogP contribution is 2.41. The van der Waals surface area contributed by atoms with E-state index in [1.165, 1.54) is 0 Å². The normalized spacial score (nSPS) is 21.5. The summed E-state index contributed by atoms with van der Waals surface area (Å²) >= 11 is 1.62. The number of aliphatic hydroxyl groups excluding tert-OH is 1. The third-order valence-electron chi connectivity index (χ3n) is 9.16. The van der Waals surface area contributed by atoms with E-state index in [4.69, 9.17) is 18.9 Å². The zero-order valence-electron chi connectivity index (χ0n) is 27.6. The molecule has 5 aromatic carbocycles. The second-order valence-corrected chi connectivity index (χ2v) is 13.7. The quantitative estimate of drug-likeness (QED) is 0.133. The maximum Gasteiger partial charge on any atom is 0.117 e. The second-order valence-electron chi connectivity index (χ2n) is 12.5. The van der Waals surface area contributed by atoms with Crippen molar-refractivity contribution in [3.05, 3.63) is 178 Å². The van der Waals surface area contributed by atoms with Crippen LogP contribution in [0.4, 0.5) is 0 Å². The van der Waals surface area contributed by atoms with Crippen LogP contribution in [0.1, 0.15) is 58.2 Å². The standard InChI is InChI=1S/C43H42O5S/c1-2-36-41(45-27-30-15-6-3-7-16-30)43(47-29-32-19-10-5-11-20-32)42(46-28-31-17-8-4-9-18-31)40(48-36)35-23-14-22-34(25-35)39(44)38-26-33-21-12-13-24-37(33)49-38/h3-26,36,39-44H,2,27-29H2,1H3/t36-,39?,40?,41-,42+,43+/m1/s1. The summed E-state index contributed by atoms with van der Waals surface area (Å²) in [5.41, 5.74) is 4.98. The summed E-state index contributed by atoms with van der Waals surface area (Å²) in [6.45, 7) is 3.36. The van der Waals surface area contributed by atoms with Gasteiger partial charge in [0, 0.05) is 9.58 Å². The number of ether oxygens (including phenoxy) is 4. The molecule has 6 atom stereocenters. The van der Waals surface area contributed by atoms with Crippen molar-refractivity contribution in [3.63, 3.8) is 0 Å².